The van der Waals surface area contributed by atoms with Crippen LogP contribution in [0, 0.1) is 17.6 Å². The van der Waals surface area contributed by atoms with Gasteiger partial charge in [-0.25, -0.2) is 8.78 Å². The predicted molar refractivity (Wildman–Crippen MR) is 85.7 cm³/mol. The lowest BCUT2D eigenvalue weighted by atomic mass is 9.83. The van der Waals surface area contributed by atoms with Gasteiger partial charge in [0.05, 0.1) is 12.2 Å². The van der Waals surface area contributed by atoms with Crippen LogP contribution in [-0.4, -0.2) is 22.8 Å². The fourth-order valence-corrected chi connectivity index (χ4v) is 4.00. The van der Waals surface area contributed by atoms with Crippen LogP contribution in [0.5, 0.6) is 0 Å². The Labute approximate surface area is 137 Å². The molecule has 1 aromatic heterocycles. The molecule has 0 saturated carbocycles. The molecular formula is C18H18F2N2O2. The maximum Gasteiger partial charge on any atom is 0.259 e. The van der Waals surface area contributed by atoms with Gasteiger partial charge in [0.25, 0.3) is 5.56 Å². The number of pyridine rings is 1. The van der Waals surface area contributed by atoms with Gasteiger partial charge in [-0.2, -0.15) is 0 Å². The summed E-state index contributed by atoms with van der Waals surface area (Å²) in [7, 11) is 0. The topological polar surface area (TPSA) is 54.3 Å². The molecular weight excluding hydrogens is 314 g/mol. The van der Waals surface area contributed by atoms with E-state index in [4.69, 9.17) is 0 Å². The lowest BCUT2D eigenvalue weighted by molar-refractivity contribution is 0.253. The van der Waals surface area contributed by atoms with Crippen molar-refractivity contribution in [1.29, 1.82) is 0 Å². The summed E-state index contributed by atoms with van der Waals surface area (Å²) in [6, 6.07) is 4.95. The Morgan fingerprint density at radius 1 is 1.25 bits per heavy atom. The minimum atomic E-state index is -0.792. The van der Waals surface area contributed by atoms with Crippen molar-refractivity contribution in [1.82, 2.24) is 9.88 Å². The summed E-state index contributed by atoms with van der Waals surface area (Å²) in [5.74, 6) is -0.886. The number of piperidine rings is 1. The van der Waals surface area contributed by atoms with Crippen LogP contribution >= 0.6 is 0 Å². The first-order valence-corrected chi connectivity index (χ1v) is 8.12. The minimum absolute atomic E-state index is 0.0367. The van der Waals surface area contributed by atoms with Gasteiger partial charge in [-0.05, 0) is 42.6 Å². The summed E-state index contributed by atoms with van der Waals surface area (Å²) in [6.07, 6.45) is 1.02. The van der Waals surface area contributed by atoms with Gasteiger partial charge in [0.2, 0.25) is 0 Å². The maximum atomic E-state index is 14.2. The molecule has 0 spiro atoms. The molecule has 0 radical (unpaired) electrons. The highest BCUT2D eigenvalue weighted by Gasteiger charge is 2.32. The summed E-state index contributed by atoms with van der Waals surface area (Å²) in [5, 5.41) is 13.1. The molecule has 2 aromatic rings. The number of fused-ring (bicyclic) bond motifs is 4. The molecule has 2 atom stereocenters. The van der Waals surface area contributed by atoms with Crippen LogP contribution in [0.15, 0.2) is 29.1 Å². The monoisotopic (exact) mass is 332 g/mol. The molecule has 2 unspecified atom stereocenters. The van der Waals surface area contributed by atoms with Crippen LogP contribution < -0.4 is 10.9 Å². The van der Waals surface area contributed by atoms with E-state index in [1.165, 1.54) is 6.07 Å². The third-order valence-electron chi connectivity index (χ3n) is 5.09. The smallest absolute Gasteiger partial charge is 0.259 e. The van der Waals surface area contributed by atoms with Crippen LogP contribution in [0.2, 0.25) is 0 Å². The molecule has 1 fully saturated rings. The van der Waals surface area contributed by atoms with Gasteiger partial charge in [-0.1, -0.05) is 0 Å². The van der Waals surface area contributed by atoms with Gasteiger partial charge in [0.1, 0.15) is 11.6 Å². The van der Waals surface area contributed by atoms with Crippen molar-refractivity contribution in [3.05, 3.63) is 57.5 Å². The Morgan fingerprint density at radius 2 is 2.08 bits per heavy atom. The zero-order valence-corrected chi connectivity index (χ0v) is 13.1. The van der Waals surface area contributed by atoms with E-state index >= 15 is 0 Å². The molecule has 1 aromatic carbocycles. The summed E-state index contributed by atoms with van der Waals surface area (Å²) in [6.45, 7) is 1.88. The molecule has 2 N–H and O–H groups in total. The number of halogens is 2. The Balaban J connectivity index is 1.95. The number of aromatic nitrogens is 1. The van der Waals surface area contributed by atoms with E-state index in [2.05, 4.69) is 5.32 Å². The fraction of sp³-hybridized carbons (Fsp3) is 0.389. The number of nitrogens with zero attached hydrogens (tertiary/aromatic N) is 1. The van der Waals surface area contributed by atoms with Gasteiger partial charge < -0.3 is 15.0 Å². The Bertz CT molecular complexity index is 863. The van der Waals surface area contributed by atoms with Crippen molar-refractivity contribution in [2.45, 2.75) is 25.5 Å². The quantitative estimate of drug-likeness (QED) is 0.884. The van der Waals surface area contributed by atoms with Crippen molar-refractivity contribution < 1.29 is 13.9 Å². The van der Waals surface area contributed by atoms with Crippen molar-refractivity contribution in [2.24, 2.45) is 5.92 Å². The van der Waals surface area contributed by atoms with Gasteiger partial charge in [-0.3, -0.25) is 4.79 Å². The van der Waals surface area contributed by atoms with Crippen molar-refractivity contribution in [2.75, 3.05) is 13.1 Å². The number of aliphatic hydroxyl groups is 1. The molecule has 0 amide bonds. The zero-order valence-electron chi connectivity index (χ0n) is 13.1. The van der Waals surface area contributed by atoms with E-state index in [0.717, 1.165) is 37.3 Å². The van der Waals surface area contributed by atoms with Crippen molar-refractivity contribution in [3.63, 3.8) is 0 Å². The zero-order chi connectivity index (χ0) is 16.8. The highest BCUT2D eigenvalue weighted by molar-refractivity contribution is 5.67. The van der Waals surface area contributed by atoms with Crippen molar-refractivity contribution in [3.8, 4) is 11.1 Å². The van der Waals surface area contributed by atoms with Gasteiger partial charge in [-0.15, -0.1) is 0 Å². The maximum absolute atomic E-state index is 14.2. The predicted octanol–water partition coefficient (Wildman–Crippen LogP) is 1.99. The average molecular weight is 332 g/mol. The second-order valence-electron chi connectivity index (χ2n) is 6.62. The second kappa shape index (κ2) is 5.79. The number of aliphatic hydroxyl groups excluding tert-OH is 1. The fourth-order valence-electron chi connectivity index (χ4n) is 4.00. The summed E-state index contributed by atoms with van der Waals surface area (Å²) in [4.78, 5) is 13.0. The number of benzene rings is 1. The molecule has 4 nitrogen and oxygen atoms in total. The average Bonchev–Trinajstić information content (AvgIpc) is 2.57. The summed E-state index contributed by atoms with van der Waals surface area (Å²) >= 11 is 0. The van der Waals surface area contributed by atoms with Crippen LogP contribution in [-0.2, 0) is 13.2 Å². The van der Waals surface area contributed by atoms with Gasteiger partial charge in [0, 0.05) is 36.3 Å². The normalized spacial score (nSPS) is 22.3. The molecule has 3 heterocycles. The number of hydrogen-bond donors (Lipinski definition) is 2. The van der Waals surface area contributed by atoms with Crippen LogP contribution in [0.1, 0.15) is 23.6 Å². The van der Waals surface area contributed by atoms with E-state index in [9.17, 15) is 18.7 Å². The standard InChI is InChI=1S/C18H18F2N2O2/c19-13-1-2-14(15(20)5-13)17-12(9-23)4-16-11-3-10(6-21-7-11)8-22(16)18(17)24/h1-2,4-5,10-11,21,23H,3,6-9H2. The van der Waals surface area contributed by atoms with Crippen molar-refractivity contribution >= 4 is 0 Å². The highest BCUT2D eigenvalue weighted by Crippen LogP contribution is 2.34. The van der Waals surface area contributed by atoms with E-state index in [1.54, 1.807) is 10.6 Å². The van der Waals surface area contributed by atoms with Crippen LogP contribution in [0.4, 0.5) is 8.78 Å². The largest absolute Gasteiger partial charge is 0.392 e. The first kappa shape index (κ1) is 15.5. The molecule has 4 rings (SSSR count). The first-order chi connectivity index (χ1) is 11.6. The third kappa shape index (κ3) is 2.37. The first-order valence-electron chi connectivity index (χ1n) is 8.12. The Hall–Kier alpha value is -2.05. The van der Waals surface area contributed by atoms with Gasteiger partial charge >= 0.3 is 0 Å². The molecule has 126 valence electrons. The SMILES string of the molecule is O=c1c(-c2ccc(F)cc2F)c(CO)cc2n1CC1CNCC2C1. The molecule has 6 heteroatoms. The van der Waals surface area contributed by atoms with E-state index in [-0.39, 0.29) is 29.2 Å². The lowest BCUT2D eigenvalue weighted by Gasteiger charge is -2.38. The van der Waals surface area contributed by atoms with E-state index in [1.807, 2.05) is 0 Å². The molecule has 2 bridgehead atoms. The third-order valence-corrected chi connectivity index (χ3v) is 5.09. The summed E-state index contributed by atoms with van der Waals surface area (Å²) < 4.78 is 29.1. The summed E-state index contributed by atoms with van der Waals surface area (Å²) in [5.41, 5.74) is 1.14. The second-order valence-corrected chi connectivity index (χ2v) is 6.62. The van der Waals surface area contributed by atoms with E-state index in [0.29, 0.717) is 18.0 Å². The minimum Gasteiger partial charge on any atom is -0.392 e. The lowest BCUT2D eigenvalue weighted by Crippen LogP contribution is -2.45. The Kier molecular flexibility index (Phi) is 3.73. The van der Waals surface area contributed by atoms with Crippen LogP contribution in [0.3, 0.4) is 0 Å². The van der Waals surface area contributed by atoms with Gasteiger partial charge in [0.15, 0.2) is 0 Å². The number of rotatable bonds is 2. The molecule has 24 heavy (non-hydrogen) atoms. The number of hydrogen-bond acceptors (Lipinski definition) is 3. The van der Waals surface area contributed by atoms with E-state index < -0.39 is 11.6 Å². The number of nitrogens with one attached hydrogen (secondary N) is 1. The molecule has 0 aliphatic carbocycles. The molecule has 2 aliphatic heterocycles. The molecule has 1 saturated heterocycles. The Morgan fingerprint density at radius 3 is 2.83 bits per heavy atom. The van der Waals surface area contributed by atoms with Crippen LogP contribution in [0.25, 0.3) is 11.1 Å². The molecule has 2 aliphatic rings. The highest BCUT2D eigenvalue weighted by atomic mass is 19.1.